The molecule has 0 aliphatic carbocycles. The molecular formula is C5H11O2. The Bertz CT molecular complexity index is 25.3. The molecule has 0 amide bonds. The van der Waals surface area contributed by atoms with Gasteiger partial charge in [0.1, 0.15) is 0 Å². The van der Waals surface area contributed by atoms with E-state index in [0.29, 0.717) is 6.61 Å². The van der Waals surface area contributed by atoms with Crippen molar-refractivity contribution in [3.8, 4) is 0 Å². The van der Waals surface area contributed by atoms with Crippen molar-refractivity contribution in [1.82, 2.24) is 0 Å². The predicted molar refractivity (Wildman–Crippen MR) is 27.8 cm³/mol. The summed E-state index contributed by atoms with van der Waals surface area (Å²) in [5.74, 6) is 0. The van der Waals surface area contributed by atoms with Gasteiger partial charge in [-0.05, 0) is 6.42 Å². The summed E-state index contributed by atoms with van der Waals surface area (Å²) < 4.78 is 0. The Balaban J connectivity index is 2.45. The van der Waals surface area contributed by atoms with Gasteiger partial charge in [0.05, 0.1) is 6.61 Å². The molecule has 1 radical (unpaired) electrons. The molecule has 0 heterocycles. The van der Waals surface area contributed by atoms with Crippen molar-refractivity contribution in [2.45, 2.75) is 19.3 Å². The third-order valence-electron chi connectivity index (χ3n) is 0.736. The third kappa shape index (κ3) is 5.92. The SMILES string of the molecule is [CH2]CCCCOO. The Morgan fingerprint density at radius 2 is 2.14 bits per heavy atom. The molecule has 1 N–H and O–H groups in total. The lowest BCUT2D eigenvalue weighted by Crippen LogP contribution is -1.86. The first-order valence-corrected chi connectivity index (χ1v) is 2.47. The first-order chi connectivity index (χ1) is 3.41. The Hall–Kier alpha value is -0.0800. The highest BCUT2D eigenvalue weighted by molar-refractivity contribution is 4.39. The second-order valence-electron chi connectivity index (χ2n) is 1.39. The lowest BCUT2D eigenvalue weighted by molar-refractivity contribution is -0.242. The van der Waals surface area contributed by atoms with Crippen molar-refractivity contribution in [3.63, 3.8) is 0 Å². The molecule has 0 rings (SSSR count). The van der Waals surface area contributed by atoms with Crippen molar-refractivity contribution in [2.24, 2.45) is 0 Å². The topological polar surface area (TPSA) is 29.5 Å². The van der Waals surface area contributed by atoms with E-state index in [4.69, 9.17) is 5.26 Å². The van der Waals surface area contributed by atoms with Crippen LogP contribution in [0.15, 0.2) is 0 Å². The summed E-state index contributed by atoms with van der Waals surface area (Å²) in [7, 11) is 0. The van der Waals surface area contributed by atoms with Crippen LogP contribution in [0.5, 0.6) is 0 Å². The minimum Gasteiger partial charge on any atom is -0.252 e. The molecule has 0 spiro atoms. The van der Waals surface area contributed by atoms with E-state index < -0.39 is 0 Å². The first-order valence-electron chi connectivity index (χ1n) is 2.47. The molecule has 0 unspecified atom stereocenters. The van der Waals surface area contributed by atoms with Gasteiger partial charge in [0.2, 0.25) is 0 Å². The van der Waals surface area contributed by atoms with Crippen LogP contribution < -0.4 is 0 Å². The highest BCUT2D eigenvalue weighted by Crippen LogP contribution is 1.91. The zero-order chi connectivity index (χ0) is 5.54. The van der Waals surface area contributed by atoms with Gasteiger partial charge in [-0.1, -0.05) is 19.8 Å². The lowest BCUT2D eigenvalue weighted by atomic mass is 10.3. The van der Waals surface area contributed by atoms with Crippen LogP contribution in [-0.2, 0) is 4.89 Å². The molecule has 2 nitrogen and oxygen atoms in total. The van der Waals surface area contributed by atoms with Gasteiger partial charge in [0.15, 0.2) is 0 Å². The molecule has 43 valence electrons. The van der Waals surface area contributed by atoms with E-state index in [1.54, 1.807) is 0 Å². The minimum atomic E-state index is 0.440. The van der Waals surface area contributed by atoms with E-state index >= 15 is 0 Å². The predicted octanol–water partition coefficient (Wildman–Crippen LogP) is 1.48. The van der Waals surface area contributed by atoms with Crippen molar-refractivity contribution >= 4 is 0 Å². The van der Waals surface area contributed by atoms with Gasteiger partial charge >= 0.3 is 0 Å². The molecule has 0 saturated carbocycles. The number of unbranched alkanes of at least 4 members (excludes halogenated alkanes) is 2. The van der Waals surface area contributed by atoms with Crippen molar-refractivity contribution in [2.75, 3.05) is 6.61 Å². The van der Waals surface area contributed by atoms with Crippen molar-refractivity contribution < 1.29 is 10.1 Å². The van der Waals surface area contributed by atoms with Gasteiger partial charge in [-0.15, -0.1) is 0 Å². The fourth-order valence-electron chi connectivity index (χ4n) is 0.343. The summed E-state index contributed by atoms with van der Waals surface area (Å²) in [4.78, 5) is 3.82. The molecule has 0 aliphatic rings. The monoisotopic (exact) mass is 103 g/mol. The highest BCUT2D eigenvalue weighted by Gasteiger charge is 1.81. The lowest BCUT2D eigenvalue weighted by Gasteiger charge is -1.90. The van der Waals surface area contributed by atoms with Gasteiger partial charge in [-0.3, -0.25) is 5.26 Å². The largest absolute Gasteiger partial charge is 0.252 e. The zero-order valence-electron chi connectivity index (χ0n) is 4.39. The second kappa shape index (κ2) is 5.92. The maximum absolute atomic E-state index is 7.77. The Morgan fingerprint density at radius 3 is 2.57 bits per heavy atom. The van der Waals surface area contributed by atoms with Crippen LogP contribution in [0.4, 0.5) is 0 Å². The fourth-order valence-corrected chi connectivity index (χ4v) is 0.343. The molecule has 0 fully saturated rings. The molecule has 0 aromatic carbocycles. The van der Waals surface area contributed by atoms with E-state index in [1.807, 2.05) is 0 Å². The molecule has 0 saturated heterocycles. The van der Waals surface area contributed by atoms with E-state index in [9.17, 15) is 0 Å². The van der Waals surface area contributed by atoms with Crippen LogP contribution in [0, 0.1) is 6.92 Å². The normalized spacial score (nSPS) is 9.43. The number of hydrogen-bond acceptors (Lipinski definition) is 2. The summed E-state index contributed by atoms with van der Waals surface area (Å²) >= 11 is 0. The molecular weight excluding hydrogens is 92.1 g/mol. The van der Waals surface area contributed by atoms with Crippen LogP contribution in [0.25, 0.3) is 0 Å². The van der Waals surface area contributed by atoms with Crippen molar-refractivity contribution in [3.05, 3.63) is 6.92 Å². The summed E-state index contributed by atoms with van der Waals surface area (Å²) in [6.07, 6.45) is 2.85. The molecule has 0 aromatic rings. The average Bonchev–Trinajstić information content (AvgIpc) is 1.69. The molecule has 0 aromatic heterocycles. The minimum absolute atomic E-state index is 0.440. The van der Waals surface area contributed by atoms with Crippen LogP contribution in [-0.4, -0.2) is 11.9 Å². The Kier molecular flexibility index (Phi) is 5.85. The summed E-state index contributed by atoms with van der Waals surface area (Å²) in [5.41, 5.74) is 0. The third-order valence-corrected chi connectivity index (χ3v) is 0.736. The molecule has 7 heavy (non-hydrogen) atoms. The van der Waals surface area contributed by atoms with E-state index in [-0.39, 0.29) is 0 Å². The summed E-state index contributed by atoms with van der Waals surface area (Å²) in [5, 5.41) is 7.77. The zero-order valence-corrected chi connectivity index (χ0v) is 4.39. The van der Waals surface area contributed by atoms with Crippen LogP contribution in [0.2, 0.25) is 0 Å². The van der Waals surface area contributed by atoms with E-state index in [0.717, 1.165) is 19.3 Å². The quantitative estimate of drug-likeness (QED) is 0.332. The molecule has 0 atom stereocenters. The van der Waals surface area contributed by atoms with Crippen LogP contribution in [0.1, 0.15) is 19.3 Å². The molecule has 0 aliphatic heterocycles. The maximum Gasteiger partial charge on any atom is 0.0819 e. The van der Waals surface area contributed by atoms with Crippen LogP contribution in [0.3, 0.4) is 0 Å². The van der Waals surface area contributed by atoms with Gasteiger partial charge in [0, 0.05) is 0 Å². The second-order valence-corrected chi connectivity index (χ2v) is 1.39. The van der Waals surface area contributed by atoms with Gasteiger partial charge in [-0.2, -0.15) is 0 Å². The maximum atomic E-state index is 7.77. The van der Waals surface area contributed by atoms with Gasteiger partial charge in [0.25, 0.3) is 0 Å². The fraction of sp³-hybridized carbons (Fsp3) is 0.800. The highest BCUT2D eigenvalue weighted by atomic mass is 17.1. The summed E-state index contributed by atoms with van der Waals surface area (Å²) in [6.45, 7) is 4.06. The average molecular weight is 103 g/mol. The molecule has 0 bridgehead atoms. The van der Waals surface area contributed by atoms with Crippen molar-refractivity contribution in [1.29, 1.82) is 0 Å². The van der Waals surface area contributed by atoms with E-state index in [2.05, 4.69) is 11.8 Å². The standard InChI is InChI=1S/C5H11O2/c1-2-3-4-5-7-6/h6H,1-5H2. The summed E-state index contributed by atoms with van der Waals surface area (Å²) in [6, 6.07) is 0. The first kappa shape index (κ1) is 6.92. The van der Waals surface area contributed by atoms with Gasteiger partial charge in [-0.25, -0.2) is 4.89 Å². The van der Waals surface area contributed by atoms with Gasteiger partial charge < -0.3 is 0 Å². The Morgan fingerprint density at radius 1 is 1.43 bits per heavy atom. The molecule has 2 heteroatoms. The van der Waals surface area contributed by atoms with Crippen LogP contribution >= 0.6 is 0 Å². The number of hydrogen-bond donors (Lipinski definition) is 1. The Labute approximate surface area is 44.0 Å². The number of rotatable bonds is 4. The smallest absolute Gasteiger partial charge is 0.0819 e. The van der Waals surface area contributed by atoms with E-state index in [1.165, 1.54) is 0 Å².